The fourth-order valence-corrected chi connectivity index (χ4v) is 2.67. The van der Waals surface area contributed by atoms with Gasteiger partial charge in [0, 0.05) is 19.1 Å². The molecule has 0 amide bonds. The third-order valence-electron chi connectivity index (χ3n) is 3.73. The molecule has 4 heteroatoms. The lowest BCUT2D eigenvalue weighted by atomic mass is 9.84. The number of aliphatic hydroxyl groups is 1. The molecule has 2 atom stereocenters. The third-order valence-corrected chi connectivity index (χ3v) is 3.73. The second-order valence-corrected chi connectivity index (χ2v) is 4.85. The molecule has 0 aromatic carbocycles. The van der Waals surface area contributed by atoms with Crippen molar-refractivity contribution in [2.24, 2.45) is 5.92 Å². The normalized spacial score (nSPS) is 34.3. The summed E-state index contributed by atoms with van der Waals surface area (Å²) in [6.07, 6.45) is 3.53. The summed E-state index contributed by atoms with van der Waals surface area (Å²) in [4.78, 5) is 13.3. The fourth-order valence-electron chi connectivity index (χ4n) is 2.67. The van der Waals surface area contributed by atoms with Gasteiger partial charge < -0.3 is 10.2 Å². The van der Waals surface area contributed by atoms with Gasteiger partial charge in [-0.3, -0.25) is 9.69 Å². The van der Waals surface area contributed by atoms with Gasteiger partial charge in [-0.25, -0.2) is 0 Å². The van der Waals surface area contributed by atoms with Crippen molar-refractivity contribution in [1.29, 1.82) is 0 Å². The van der Waals surface area contributed by atoms with E-state index in [0.717, 1.165) is 6.54 Å². The van der Waals surface area contributed by atoms with Crippen LogP contribution in [-0.2, 0) is 4.79 Å². The second-order valence-electron chi connectivity index (χ2n) is 4.85. The average molecular weight is 213 g/mol. The molecule has 4 nitrogen and oxygen atoms in total. The van der Waals surface area contributed by atoms with Crippen molar-refractivity contribution in [2.45, 2.75) is 44.2 Å². The highest BCUT2D eigenvalue weighted by molar-refractivity contribution is 5.71. The van der Waals surface area contributed by atoms with E-state index in [1.54, 1.807) is 0 Å². The first kappa shape index (κ1) is 10.9. The first-order valence-electron chi connectivity index (χ1n) is 5.76. The van der Waals surface area contributed by atoms with Crippen LogP contribution in [0, 0.1) is 5.92 Å². The molecule has 1 saturated heterocycles. The van der Waals surface area contributed by atoms with Gasteiger partial charge in [0.1, 0.15) is 0 Å². The van der Waals surface area contributed by atoms with Crippen molar-refractivity contribution in [3.8, 4) is 0 Å². The lowest BCUT2D eigenvalue weighted by Crippen LogP contribution is -2.44. The van der Waals surface area contributed by atoms with Crippen LogP contribution in [0.1, 0.15) is 32.6 Å². The number of carboxylic acids is 1. The first-order chi connectivity index (χ1) is 7.07. The maximum absolute atomic E-state index is 11.0. The standard InChI is InChI=1S/C11H19NO3/c1-2-9(10(13)14)11(15)5-6-12(7-11)8-3-4-8/h8-9,15H,2-7H2,1H3,(H,13,14). The zero-order valence-corrected chi connectivity index (χ0v) is 9.15. The number of carboxylic acid groups (broad SMARTS) is 1. The number of hydrogen-bond acceptors (Lipinski definition) is 3. The van der Waals surface area contributed by atoms with E-state index in [9.17, 15) is 9.90 Å². The summed E-state index contributed by atoms with van der Waals surface area (Å²) in [6, 6.07) is 0.616. The van der Waals surface area contributed by atoms with E-state index in [1.807, 2.05) is 6.92 Å². The topological polar surface area (TPSA) is 60.8 Å². The van der Waals surface area contributed by atoms with Gasteiger partial charge in [0.05, 0.1) is 11.5 Å². The summed E-state index contributed by atoms with van der Waals surface area (Å²) in [5, 5.41) is 19.4. The van der Waals surface area contributed by atoms with Crippen molar-refractivity contribution in [1.82, 2.24) is 4.90 Å². The molecular formula is C11H19NO3. The molecule has 0 radical (unpaired) electrons. The Bertz CT molecular complexity index is 265. The highest BCUT2D eigenvalue weighted by Gasteiger charge is 2.48. The Hall–Kier alpha value is -0.610. The van der Waals surface area contributed by atoms with Gasteiger partial charge in [0.2, 0.25) is 0 Å². The van der Waals surface area contributed by atoms with E-state index in [0.29, 0.717) is 25.4 Å². The number of aliphatic carboxylic acids is 1. The predicted molar refractivity (Wildman–Crippen MR) is 55.6 cm³/mol. The van der Waals surface area contributed by atoms with Crippen molar-refractivity contribution >= 4 is 5.97 Å². The summed E-state index contributed by atoms with van der Waals surface area (Å²) in [5.41, 5.74) is -0.997. The van der Waals surface area contributed by atoms with Crippen molar-refractivity contribution in [3.63, 3.8) is 0 Å². The zero-order valence-electron chi connectivity index (χ0n) is 9.15. The lowest BCUT2D eigenvalue weighted by Gasteiger charge is -2.29. The van der Waals surface area contributed by atoms with Crippen LogP contribution < -0.4 is 0 Å². The monoisotopic (exact) mass is 213 g/mol. The molecule has 0 spiro atoms. The molecule has 2 fully saturated rings. The van der Waals surface area contributed by atoms with Crippen LogP contribution >= 0.6 is 0 Å². The van der Waals surface area contributed by atoms with E-state index in [4.69, 9.17) is 5.11 Å². The Labute approximate surface area is 89.9 Å². The largest absolute Gasteiger partial charge is 0.481 e. The average Bonchev–Trinajstić information content (AvgIpc) is 2.92. The van der Waals surface area contributed by atoms with Crippen LogP contribution in [0.5, 0.6) is 0 Å². The van der Waals surface area contributed by atoms with Crippen LogP contribution in [0.4, 0.5) is 0 Å². The van der Waals surface area contributed by atoms with Gasteiger partial charge in [-0.05, 0) is 25.7 Å². The summed E-state index contributed by atoms with van der Waals surface area (Å²) < 4.78 is 0. The number of β-amino-alcohol motifs (C(OH)–C–C–N with tert-alkyl or cyclic N) is 1. The first-order valence-corrected chi connectivity index (χ1v) is 5.76. The van der Waals surface area contributed by atoms with E-state index >= 15 is 0 Å². The van der Waals surface area contributed by atoms with Gasteiger partial charge in [-0.15, -0.1) is 0 Å². The number of likely N-dealkylation sites (tertiary alicyclic amines) is 1. The Kier molecular flexibility index (Phi) is 2.73. The van der Waals surface area contributed by atoms with E-state index in [-0.39, 0.29) is 0 Å². The third kappa shape index (κ3) is 2.01. The van der Waals surface area contributed by atoms with Gasteiger partial charge in [-0.2, -0.15) is 0 Å². The molecule has 1 saturated carbocycles. The maximum Gasteiger partial charge on any atom is 0.309 e. The second kappa shape index (κ2) is 3.76. The number of carbonyl (C=O) groups is 1. The minimum Gasteiger partial charge on any atom is -0.481 e. The van der Waals surface area contributed by atoms with Crippen LogP contribution in [-0.4, -0.2) is 45.8 Å². The Morgan fingerprint density at radius 3 is 2.73 bits per heavy atom. The molecule has 2 rings (SSSR count). The summed E-state index contributed by atoms with van der Waals surface area (Å²) in [6.45, 7) is 3.23. The number of hydrogen-bond donors (Lipinski definition) is 2. The lowest BCUT2D eigenvalue weighted by molar-refractivity contribution is -0.151. The molecular weight excluding hydrogens is 194 g/mol. The van der Waals surface area contributed by atoms with Crippen molar-refractivity contribution < 1.29 is 15.0 Å². The van der Waals surface area contributed by atoms with Crippen LogP contribution in [0.2, 0.25) is 0 Å². The van der Waals surface area contributed by atoms with E-state index in [1.165, 1.54) is 12.8 Å². The molecule has 1 aliphatic carbocycles. The van der Waals surface area contributed by atoms with E-state index in [2.05, 4.69) is 4.90 Å². The Balaban J connectivity index is 2.03. The van der Waals surface area contributed by atoms with Crippen LogP contribution in [0.3, 0.4) is 0 Å². The molecule has 86 valence electrons. The quantitative estimate of drug-likeness (QED) is 0.721. The molecule has 0 aromatic heterocycles. The summed E-state index contributed by atoms with van der Waals surface area (Å²) in [7, 11) is 0. The maximum atomic E-state index is 11.0. The van der Waals surface area contributed by atoms with Gasteiger partial charge in [0.25, 0.3) is 0 Å². The highest BCUT2D eigenvalue weighted by atomic mass is 16.4. The molecule has 2 N–H and O–H groups in total. The molecule has 1 aliphatic heterocycles. The molecule has 1 heterocycles. The minimum absolute atomic E-state index is 0.504. The molecule has 0 aromatic rings. The number of rotatable bonds is 4. The fraction of sp³-hybridized carbons (Fsp3) is 0.909. The Morgan fingerprint density at radius 2 is 2.27 bits per heavy atom. The SMILES string of the molecule is CCC(C(=O)O)C1(O)CCN(C2CC2)C1. The van der Waals surface area contributed by atoms with Crippen LogP contribution in [0.25, 0.3) is 0 Å². The Morgan fingerprint density at radius 1 is 1.60 bits per heavy atom. The smallest absolute Gasteiger partial charge is 0.309 e. The minimum atomic E-state index is -0.997. The van der Waals surface area contributed by atoms with E-state index < -0.39 is 17.5 Å². The zero-order chi connectivity index (χ0) is 11.1. The molecule has 15 heavy (non-hydrogen) atoms. The van der Waals surface area contributed by atoms with Gasteiger partial charge in [0.15, 0.2) is 0 Å². The molecule has 2 aliphatic rings. The summed E-state index contributed by atoms with van der Waals surface area (Å²) >= 11 is 0. The molecule has 0 bridgehead atoms. The highest BCUT2D eigenvalue weighted by Crippen LogP contribution is 2.37. The number of nitrogens with zero attached hydrogens (tertiary/aromatic N) is 1. The molecule has 2 unspecified atom stereocenters. The van der Waals surface area contributed by atoms with Crippen molar-refractivity contribution in [2.75, 3.05) is 13.1 Å². The van der Waals surface area contributed by atoms with Gasteiger partial charge >= 0.3 is 5.97 Å². The summed E-state index contributed by atoms with van der Waals surface area (Å²) in [5.74, 6) is -1.47. The van der Waals surface area contributed by atoms with Crippen molar-refractivity contribution in [3.05, 3.63) is 0 Å². The van der Waals surface area contributed by atoms with Gasteiger partial charge in [-0.1, -0.05) is 6.92 Å². The predicted octanol–water partition coefficient (Wildman–Crippen LogP) is 0.696. The van der Waals surface area contributed by atoms with Crippen LogP contribution in [0.15, 0.2) is 0 Å².